The molecule has 0 saturated carbocycles. The van der Waals surface area contributed by atoms with E-state index in [1.54, 1.807) is 11.8 Å². The Bertz CT molecular complexity index is 385. The van der Waals surface area contributed by atoms with Crippen molar-refractivity contribution in [1.29, 1.82) is 0 Å². The number of benzene rings is 1. The Morgan fingerprint density at radius 3 is 2.33 bits per heavy atom. The number of carbonyl (C=O) groups excluding carboxylic acids is 1. The number of likely N-dealkylation sites (tertiary alicyclic amines) is 1. The van der Waals surface area contributed by atoms with Crippen molar-refractivity contribution in [2.75, 3.05) is 18.8 Å². The van der Waals surface area contributed by atoms with E-state index in [0.29, 0.717) is 5.75 Å². The molecule has 18 heavy (non-hydrogen) atoms. The zero-order chi connectivity index (χ0) is 12.8. The van der Waals surface area contributed by atoms with Gasteiger partial charge in [0.05, 0.1) is 5.75 Å². The maximum Gasteiger partial charge on any atom is 0.232 e. The van der Waals surface area contributed by atoms with Crippen LogP contribution in [0, 0.1) is 0 Å². The molecule has 2 rings (SSSR count). The Kier molecular flexibility index (Phi) is 5.39. The van der Waals surface area contributed by atoms with Crippen LogP contribution in [0.3, 0.4) is 0 Å². The first-order valence-electron chi connectivity index (χ1n) is 6.42. The minimum atomic E-state index is 0.261. The second-order valence-electron chi connectivity index (χ2n) is 4.54. The van der Waals surface area contributed by atoms with Crippen molar-refractivity contribution in [3.63, 3.8) is 0 Å². The minimum absolute atomic E-state index is 0.261. The number of nitrogens with zero attached hydrogens (tertiary/aromatic N) is 1. The molecule has 0 N–H and O–H groups in total. The third-order valence-electron chi connectivity index (χ3n) is 3.13. The summed E-state index contributed by atoms with van der Waals surface area (Å²) >= 11 is 7.42. The normalized spacial score (nSPS) is 16.4. The predicted molar refractivity (Wildman–Crippen MR) is 77.2 cm³/mol. The number of hydrogen-bond donors (Lipinski definition) is 0. The van der Waals surface area contributed by atoms with Gasteiger partial charge < -0.3 is 4.90 Å². The molecule has 1 saturated heterocycles. The second-order valence-corrected chi connectivity index (χ2v) is 6.02. The van der Waals surface area contributed by atoms with E-state index in [2.05, 4.69) is 0 Å². The van der Waals surface area contributed by atoms with Gasteiger partial charge in [0, 0.05) is 23.0 Å². The van der Waals surface area contributed by atoms with E-state index in [1.165, 1.54) is 12.8 Å². The van der Waals surface area contributed by atoms with E-state index < -0.39 is 0 Å². The molecule has 98 valence electrons. The van der Waals surface area contributed by atoms with Crippen molar-refractivity contribution in [3.05, 3.63) is 29.3 Å². The number of carbonyl (C=O) groups is 1. The molecule has 1 aliphatic heterocycles. The van der Waals surface area contributed by atoms with Gasteiger partial charge in [0.25, 0.3) is 0 Å². The van der Waals surface area contributed by atoms with Crippen molar-refractivity contribution in [2.45, 2.75) is 30.6 Å². The van der Waals surface area contributed by atoms with Crippen LogP contribution in [0.25, 0.3) is 0 Å². The van der Waals surface area contributed by atoms with Crippen molar-refractivity contribution < 1.29 is 4.79 Å². The lowest BCUT2D eigenvalue weighted by Gasteiger charge is -2.19. The largest absolute Gasteiger partial charge is 0.342 e. The van der Waals surface area contributed by atoms with Gasteiger partial charge in [-0.05, 0) is 37.1 Å². The second kappa shape index (κ2) is 7.05. The Hall–Kier alpha value is -0.670. The topological polar surface area (TPSA) is 20.3 Å². The summed E-state index contributed by atoms with van der Waals surface area (Å²) in [4.78, 5) is 15.2. The van der Waals surface area contributed by atoms with Crippen LogP contribution in [-0.2, 0) is 4.79 Å². The zero-order valence-corrected chi connectivity index (χ0v) is 12.0. The average molecular weight is 284 g/mol. The van der Waals surface area contributed by atoms with Gasteiger partial charge in [0.15, 0.2) is 0 Å². The summed E-state index contributed by atoms with van der Waals surface area (Å²) in [7, 11) is 0. The van der Waals surface area contributed by atoms with Crippen LogP contribution in [0.4, 0.5) is 0 Å². The molecule has 0 atom stereocenters. The summed E-state index contributed by atoms with van der Waals surface area (Å²) in [6.45, 7) is 1.86. The third kappa shape index (κ3) is 4.21. The van der Waals surface area contributed by atoms with Crippen molar-refractivity contribution in [1.82, 2.24) is 4.90 Å². The lowest BCUT2D eigenvalue weighted by molar-refractivity contribution is -0.128. The molecule has 0 aliphatic carbocycles. The van der Waals surface area contributed by atoms with Crippen molar-refractivity contribution >= 4 is 29.3 Å². The molecular weight excluding hydrogens is 266 g/mol. The minimum Gasteiger partial charge on any atom is -0.342 e. The van der Waals surface area contributed by atoms with E-state index in [9.17, 15) is 4.79 Å². The van der Waals surface area contributed by atoms with Crippen LogP contribution in [0.1, 0.15) is 25.7 Å². The van der Waals surface area contributed by atoms with Gasteiger partial charge in [-0.15, -0.1) is 11.8 Å². The summed E-state index contributed by atoms with van der Waals surface area (Å²) in [5.41, 5.74) is 0. The third-order valence-corrected chi connectivity index (χ3v) is 4.38. The fourth-order valence-electron chi connectivity index (χ4n) is 2.09. The number of thioether (sulfide) groups is 1. The number of amides is 1. The van der Waals surface area contributed by atoms with Crippen molar-refractivity contribution in [3.8, 4) is 0 Å². The smallest absolute Gasteiger partial charge is 0.232 e. The van der Waals surface area contributed by atoms with Crippen molar-refractivity contribution in [2.24, 2.45) is 0 Å². The molecule has 0 bridgehead atoms. The summed E-state index contributed by atoms with van der Waals surface area (Å²) in [6.07, 6.45) is 4.82. The highest BCUT2D eigenvalue weighted by atomic mass is 35.5. The lowest BCUT2D eigenvalue weighted by atomic mass is 10.2. The molecule has 4 heteroatoms. The van der Waals surface area contributed by atoms with E-state index in [0.717, 1.165) is 35.8 Å². The van der Waals surface area contributed by atoms with Crippen LogP contribution < -0.4 is 0 Å². The molecule has 0 aromatic heterocycles. The number of halogens is 1. The van der Waals surface area contributed by atoms with E-state index >= 15 is 0 Å². The standard InChI is InChI=1S/C14H18ClNOS/c15-12-5-7-13(8-6-12)18-11-14(17)16-9-3-1-2-4-10-16/h5-8H,1-4,9-11H2. The van der Waals surface area contributed by atoms with Gasteiger partial charge in [-0.1, -0.05) is 24.4 Å². The molecule has 1 fully saturated rings. The summed E-state index contributed by atoms with van der Waals surface area (Å²) in [5.74, 6) is 0.790. The Labute approximate surface area is 118 Å². The van der Waals surface area contributed by atoms with Gasteiger partial charge >= 0.3 is 0 Å². The summed E-state index contributed by atoms with van der Waals surface area (Å²) in [6, 6.07) is 7.64. The molecule has 1 amide bonds. The fourth-order valence-corrected chi connectivity index (χ4v) is 3.01. The van der Waals surface area contributed by atoms with E-state index in [1.807, 2.05) is 29.2 Å². The van der Waals surface area contributed by atoms with Gasteiger partial charge in [-0.2, -0.15) is 0 Å². The zero-order valence-electron chi connectivity index (χ0n) is 10.4. The van der Waals surface area contributed by atoms with Crippen LogP contribution in [0.15, 0.2) is 29.2 Å². The first kappa shape index (κ1) is 13.8. The molecular formula is C14H18ClNOS. The molecule has 1 aliphatic rings. The Balaban J connectivity index is 1.81. The van der Waals surface area contributed by atoms with Crippen LogP contribution in [0.5, 0.6) is 0 Å². The highest BCUT2D eigenvalue weighted by Gasteiger charge is 2.15. The SMILES string of the molecule is O=C(CSc1ccc(Cl)cc1)N1CCCCCC1. The Morgan fingerprint density at radius 1 is 1.11 bits per heavy atom. The molecule has 1 aromatic carbocycles. The van der Waals surface area contributed by atoms with Crippen LogP contribution in [-0.4, -0.2) is 29.6 Å². The molecule has 0 spiro atoms. The first-order chi connectivity index (χ1) is 8.75. The van der Waals surface area contributed by atoms with Gasteiger partial charge in [0.1, 0.15) is 0 Å². The average Bonchev–Trinajstić information content (AvgIpc) is 2.66. The maximum absolute atomic E-state index is 12.1. The number of hydrogen-bond acceptors (Lipinski definition) is 2. The summed E-state index contributed by atoms with van der Waals surface area (Å²) in [5, 5.41) is 0.734. The van der Waals surface area contributed by atoms with Crippen LogP contribution in [0.2, 0.25) is 5.02 Å². The van der Waals surface area contributed by atoms with Crippen LogP contribution >= 0.6 is 23.4 Å². The lowest BCUT2D eigenvalue weighted by Crippen LogP contribution is -2.33. The summed E-state index contributed by atoms with van der Waals surface area (Å²) < 4.78 is 0. The predicted octanol–water partition coefficient (Wildman–Crippen LogP) is 3.83. The van der Waals surface area contributed by atoms with Gasteiger partial charge in [-0.25, -0.2) is 0 Å². The molecule has 0 unspecified atom stereocenters. The fraction of sp³-hybridized carbons (Fsp3) is 0.500. The Morgan fingerprint density at radius 2 is 1.72 bits per heavy atom. The quantitative estimate of drug-likeness (QED) is 0.786. The molecule has 2 nitrogen and oxygen atoms in total. The highest BCUT2D eigenvalue weighted by molar-refractivity contribution is 8.00. The number of rotatable bonds is 3. The molecule has 1 aromatic rings. The first-order valence-corrected chi connectivity index (χ1v) is 7.78. The molecule has 0 radical (unpaired) electrons. The molecule has 1 heterocycles. The van der Waals surface area contributed by atoms with E-state index in [-0.39, 0.29) is 5.91 Å². The maximum atomic E-state index is 12.1. The highest BCUT2D eigenvalue weighted by Crippen LogP contribution is 2.21. The van der Waals surface area contributed by atoms with Gasteiger partial charge in [0.2, 0.25) is 5.91 Å². The van der Waals surface area contributed by atoms with E-state index in [4.69, 9.17) is 11.6 Å². The monoisotopic (exact) mass is 283 g/mol. The van der Waals surface area contributed by atoms with Gasteiger partial charge in [-0.3, -0.25) is 4.79 Å².